The number of hydrogen-bond donors (Lipinski definition) is 0. The molecule has 1 aliphatic heterocycles. The fourth-order valence-corrected chi connectivity index (χ4v) is 4.59. The Morgan fingerprint density at radius 1 is 1.46 bits per heavy atom. The van der Waals surface area contributed by atoms with E-state index in [0.29, 0.717) is 36.5 Å². The zero-order valence-electron chi connectivity index (χ0n) is 15.5. The Kier molecular flexibility index (Phi) is 5.85. The van der Waals surface area contributed by atoms with E-state index in [1.807, 2.05) is 11.0 Å². The molecule has 2 atom stereocenters. The minimum Gasteiger partial charge on any atom is -0.497 e. The third-order valence-corrected chi connectivity index (χ3v) is 6.21. The average molecular weight is 467 g/mol. The second kappa shape index (κ2) is 8.35. The van der Waals surface area contributed by atoms with E-state index in [1.165, 1.54) is 11.1 Å². The Hall–Kier alpha value is -1.70. The van der Waals surface area contributed by atoms with Crippen LogP contribution < -0.4 is 9.64 Å². The summed E-state index contributed by atoms with van der Waals surface area (Å²) >= 11 is 9.46. The SMILES string of the molecule is COc1ccc2c(c1)C(CC(=O)C1COCCN1c1nc(Cl)ncc1Br)CC2. The molecule has 1 aliphatic carbocycles. The van der Waals surface area contributed by atoms with Gasteiger partial charge in [0, 0.05) is 19.2 Å². The molecule has 28 heavy (non-hydrogen) atoms. The van der Waals surface area contributed by atoms with Gasteiger partial charge in [0.25, 0.3) is 0 Å². The van der Waals surface area contributed by atoms with Gasteiger partial charge in [0.05, 0.1) is 24.8 Å². The number of halogens is 2. The topological polar surface area (TPSA) is 64.6 Å². The molecule has 0 amide bonds. The predicted molar refractivity (Wildman–Crippen MR) is 110 cm³/mol. The zero-order chi connectivity index (χ0) is 19.7. The smallest absolute Gasteiger partial charge is 0.224 e. The maximum Gasteiger partial charge on any atom is 0.224 e. The summed E-state index contributed by atoms with van der Waals surface area (Å²) in [6.07, 6.45) is 4.06. The van der Waals surface area contributed by atoms with Crippen molar-refractivity contribution in [2.24, 2.45) is 0 Å². The van der Waals surface area contributed by atoms with E-state index in [-0.39, 0.29) is 23.0 Å². The van der Waals surface area contributed by atoms with E-state index in [2.05, 4.69) is 38.0 Å². The largest absolute Gasteiger partial charge is 0.497 e. The van der Waals surface area contributed by atoms with Crippen molar-refractivity contribution in [2.75, 3.05) is 31.8 Å². The van der Waals surface area contributed by atoms with Crippen LogP contribution in [0.2, 0.25) is 5.28 Å². The van der Waals surface area contributed by atoms with Crippen LogP contribution in [0.15, 0.2) is 28.9 Å². The normalized spacial score (nSPS) is 21.5. The van der Waals surface area contributed by atoms with Crippen LogP contribution in [0.3, 0.4) is 0 Å². The lowest BCUT2D eigenvalue weighted by molar-refractivity contribution is -0.123. The van der Waals surface area contributed by atoms with Gasteiger partial charge in [-0.05, 0) is 69.6 Å². The summed E-state index contributed by atoms with van der Waals surface area (Å²) in [5.41, 5.74) is 2.53. The van der Waals surface area contributed by atoms with Crippen molar-refractivity contribution in [3.63, 3.8) is 0 Å². The molecule has 0 saturated carbocycles. The summed E-state index contributed by atoms with van der Waals surface area (Å²) < 4.78 is 11.7. The zero-order valence-corrected chi connectivity index (χ0v) is 17.9. The molecule has 6 nitrogen and oxygen atoms in total. The number of aromatic nitrogens is 2. The van der Waals surface area contributed by atoms with E-state index in [0.717, 1.165) is 18.6 Å². The number of Topliss-reactive ketones (excluding diaryl/α,β-unsaturated/α-hetero) is 1. The molecule has 4 rings (SSSR count). The lowest BCUT2D eigenvalue weighted by atomic mass is 9.92. The van der Waals surface area contributed by atoms with Gasteiger partial charge in [0.15, 0.2) is 5.78 Å². The summed E-state index contributed by atoms with van der Waals surface area (Å²) in [6.45, 7) is 1.48. The molecule has 2 aliphatic rings. The van der Waals surface area contributed by atoms with Gasteiger partial charge >= 0.3 is 0 Å². The minimum absolute atomic E-state index is 0.155. The van der Waals surface area contributed by atoms with Crippen LogP contribution in [0.25, 0.3) is 0 Å². The number of aryl methyl sites for hydroxylation is 1. The number of benzene rings is 1. The van der Waals surface area contributed by atoms with Gasteiger partial charge in [-0.3, -0.25) is 4.79 Å². The van der Waals surface area contributed by atoms with Crippen LogP contribution in [0.5, 0.6) is 5.75 Å². The van der Waals surface area contributed by atoms with Crippen molar-refractivity contribution in [3.8, 4) is 5.75 Å². The number of rotatable bonds is 5. The van der Waals surface area contributed by atoms with Crippen molar-refractivity contribution in [2.45, 2.75) is 31.2 Å². The number of carbonyl (C=O) groups is 1. The van der Waals surface area contributed by atoms with Crippen molar-refractivity contribution in [3.05, 3.63) is 45.3 Å². The number of ether oxygens (including phenoxy) is 2. The summed E-state index contributed by atoms with van der Waals surface area (Å²) in [5.74, 6) is 1.83. The average Bonchev–Trinajstić information content (AvgIpc) is 3.11. The van der Waals surface area contributed by atoms with Gasteiger partial charge in [0.2, 0.25) is 5.28 Å². The molecular formula is C20H21BrClN3O3. The lowest BCUT2D eigenvalue weighted by Gasteiger charge is -2.36. The first-order valence-corrected chi connectivity index (χ1v) is 10.5. The van der Waals surface area contributed by atoms with E-state index in [9.17, 15) is 4.79 Å². The lowest BCUT2D eigenvalue weighted by Crippen LogP contribution is -2.51. The number of fused-ring (bicyclic) bond motifs is 1. The van der Waals surface area contributed by atoms with Crippen LogP contribution in [-0.4, -0.2) is 48.7 Å². The monoisotopic (exact) mass is 465 g/mol. The van der Waals surface area contributed by atoms with E-state index in [1.54, 1.807) is 13.3 Å². The van der Waals surface area contributed by atoms with Crippen molar-refractivity contribution >= 4 is 39.1 Å². The molecule has 8 heteroatoms. The number of methoxy groups -OCH3 is 1. The Morgan fingerprint density at radius 3 is 3.14 bits per heavy atom. The van der Waals surface area contributed by atoms with Gasteiger partial charge in [-0.2, -0.15) is 4.98 Å². The molecule has 0 N–H and O–H groups in total. The second-order valence-corrected chi connectivity index (χ2v) is 8.26. The molecule has 0 spiro atoms. The van der Waals surface area contributed by atoms with Gasteiger partial charge in [0.1, 0.15) is 17.6 Å². The molecule has 148 valence electrons. The van der Waals surface area contributed by atoms with Crippen LogP contribution in [0, 0.1) is 0 Å². The predicted octanol–water partition coefficient (Wildman–Crippen LogP) is 3.80. The van der Waals surface area contributed by atoms with Gasteiger partial charge in [-0.25, -0.2) is 4.98 Å². The van der Waals surface area contributed by atoms with Crippen molar-refractivity contribution < 1.29 is 14.3 Å². The first kappa shape index (κ1) is 19.6. The van der Waals surface area contributed by atoms with Gasteiger partial charge in [-0.15, -0.1) is 0 Å². The highest BCUT2D eigenvalue weighted by Crippen LogP contribution is 2.38. The van der Waals surface area contributed by atoms with Crippen molar-refractivity contribution in [1.82, 2.24) is 9.97 Å². The Morgan fingerprint density at radius 2 is 2.32 bits per heavy atom. The fourth-order valence-electron chi connectivity index (χ4n) is 4.05. The molecule has 0 bridgehead atoms. The summed E-state index contributed by atoms with van der Waals surface area (Å²) in [5, 5.41) is 0.160. The van der Waals surface area contributed by atoms with Gasteiger partial charge in [-0.1, -0.05) is 6.07 Å². The number of ketones is 1. The highest BCUT2D eigenvalue weighted by atomic mass is 79.9. The summed E-state index contributed by atoms with van der Waals surface area (Å²) in [6, 6.07) is 5.77. The van der Waals surface area contributed by atoms with Gasteiger partial charge < -0.3 is 14.4 Å². The molecule has 2 aromatic rings. The number of nitrogens with zero attached hydrogens (tertiary/aromatic N) is 3. The Balaban J connectivity index is 1.55. The molecule has 0 radical (unpaired) electrons. The Bertz CT molecular complexity index is 895. The Labute approximate surface area is 177 Å². The van der Waals surface area contributed by atoms with Crippen molar-refractivity contribution in [1.29, 1.82) is 0 Å². The van der Waals surface area contributed by atoms with E-state index >= 15 is 0 Å². The highest BCUT2D eigenvalue weighted by molar-refractivity contribution is 9.10. The van der Waals surface area contributed by atoms with E-state index in [4.69, 9.17) is 21.1 Å². The summed E-state index contributed by atoms with van der Waals surface area (Å²) in [4.78, 5) is 23.5. The molecule has 2 unspecified atom stereocenters. The first-order valence-electron chi connectivity index (χ1n) is 9.28. The molecule has 1 aromatic carbocycles. The van der Waals surface area contributed by atoms with Crippen LogP contribution in [0.1, 0.15) is 29.9 Å². The quantitative estimate of drug-likeness (QED) is 0.625. The number of anilines is 1. The maximum absolute atomic E-state index is 13.3. The third-order valence-electron chi connectivity index (χ3n) is 5.47. The minimum atomic E-state index is -0.384. The second-order valence-electron chi connectivity index (χ2n) is 7.07. The molecule has 1 fully saturated rings. The first-order chi connectivity index (χ1) is 13.6. The molecule has 2 heterocycles. The summed E-state index contributed by atoms with van der Waals surface area (Å²) in [7, 11) is 1.67. The van der Waals surface area contributed by atoms with Crippen LogP contribution >= 0.6 is 27.5 Å². The standard InChI is InChI=1S/C20H21BrClN3O3/c1-27-14-5-4-12-2-3-13(15(12)9-14)8-18(26)17-11-28-7-6-25(17)19-16(21)10-23-20(22)24-19/h4-5,9-10,13,17H,2-3,6-8,11H2,1H3. The number of carbonyl (C=O) groups excluding carboxylic acids is 1. The van der Waals surface area contributed by atoms with Crippen LogP contribution in [-0.2, 0) is 16.0 Å². The third kappa shape index (κ3) is 3.88. The molecule has 1 aromatic heterocycles. The maximum atomic E-state index is 13.3. The van der Waals surface area contributed by atoms with E-state index < -0.39 is 0 Å². The molecular weight excluding hydrogens is 446 g/mol. The van der Waals surface area contributed by atoms with Crippen LogP contribution in [0.4, 0.5) is 5.82 Å². The number of hydrogen-bond acceptors (Lipinski definition) is 6. The fraction of sp³-hybridized carbons (Fsp3) is 0.450. The molecule has 1 saturated heterocycles. The number of morpholine rings is 1. The highest BCUT2D eigenvalue weighted by Gasteiger charge is 2.34.